The predicted octanol–water partition coefficient (Wildman–Crippen LogP) is 3.13. The Morgan fingerprint density at radius 3 is 2.75 bits per heavy atom. The fourth-order valence-corrected chi connectivity index (χ4v) is 3.54. The zero-order chi connectivity index (χ0) is 14.9. The highest BCUT2D eigenvalue weighted by atomic mass is 32.2. The number of hydrogen-bond donors (Lipinski definition) is 0. The SMILES string of the molecule is CC(=O)c1cc([N+](=O)[O-])ccc1N1CCSC(C)C1C. The number of hydrogen-bond acceptors (Lipinski definition) is 5. The monoisotopic (exact) mass is 294 g/mol. The van der Waals surface area contributed by atoms with Crippen molar-refractivity contribution in [2.75, 3.05) is 17.2 Å². The number of benzene rings is 1. The minimum Gasteiger partial charge on any atom is -0.366 e. The minimum absolute atomic E-state index is 0.0361. The number of nitro groups is 1. The van der Waals surface area contributed by atoms with Crippen molar-refractivity contribution in [1.29, 1.82) is 0 Å². The van der Waals surface area contributed by atoms with Crippen LogP contribution in [0.5, 0.6) is 0 Å². The third kappa shape index (κ3) is 2.80. The van der Waals surface area contributed by atoms with E-state index in [4.69, 9.17) is 0 Å². The molecule has 1 saturated heterocycles. The topological polar surface area (TPSA) is 63.4 Å². The maximum Gasteiger partial charge on any atom is 0.270 e. The number of nitro benzene ring substituents is 1. The molecule has 0 bridgehead atoms. The first-order valence-corrected chi connectivity index (χ1v) is 7.64. The molecule has 5 nitrogen and oxygen atoms in total. The van der Waals surface area contributed by atoms with Gasteiger partial charge < -0.3 is 4.90 Å². The molecule has 1 fully saturated rings. The Morgan fingerprint density at radius 2 is 2.15 bits per heavy atom. The molecule has 0 amide bonds. The fraction of sp³-hybridized carbons (Fsp3) is 0.500. The number of carbonyl (C=O) groups excluding carboxylic acids is 1. The highest BCUT2D eigenvalue weighted by Gasteiger charge is 2.28. The van der Waals surface area contributed by atoms with Crippen LogP contribution in [0.1, 0.15) is 31.1 Å². The number of carbonyl (C=O) groups is 1. The zero-order valence-electron chi connectivity index (χ0n) is 11.8. The highest BCUT2D eigenvalue weighted by Crippen LogP contribution is 2.33. The van der Waals surface area contributed by atoms with Crippen LogP contribution in [0, 0.1) is 10.1 Å². The molecule has 6 heteroatoms. The standard InChI is InChI=1S/C14H18N2O3S/c1-9-11(3)20-7-6-15(9)14-5-4-12(16(18)19)8-13(14)10(2)17/h4-5,8-9,11H,6-7H2,1-3H3. The second-order valence-corrected chi connectivity index (χ2v) is 6.51. The molecule has 108 valence electrons. The predicted molar refractivity (Wildman–Crippen MR) is 81.8 cm³/mol. The number of nitrogens with zero attached hydrogens (tertiary/aromatic N) is 2. The van der Waals surface area contributed by atoms with Gasteiger partial charge in [-0.05, 0) is 19.9 Å². The van der Waals surface area contributed by atoms with E-state index >= 15 is 0 Å². The Kier molecular flexibility index (Phi) is 4.32. The summed E-state index contributed by atoms with van der Waals surface area (Å²) in [5.41, 5.74) is 1.21. The highest BCUT2D eigenvalue weighted by molar-refractivity contribution is 8.00. The van der Waals surface area contributed by atoms with Crippen LogP contribution in [0.4, 0.5) is 11.4 Å². The second-order valence-electron chi connectivity index (χ2n) is 5.02. The molecule has 2 unspecified atom stereocenters. The van der Waals surface area contributed by atoms with Gasteiger partial charge in [0.05, 0.1) is 4.92 Å². The Labute approximate surface area is 122 Å². The Bertz CT molecular complexity index is 547. The lowest BCUT2D eigenvalue weighted by molar-refractivity contribution is -0.384. The summed E-state index contributed by atoms with van der Waals surface area (Å²) in [6.45, 7) is 6.60. The van der Waals surface area contributed by atoms with Crippen LogP contribution in [0.2, 0.25) is 0 Å². The van der Waals surface area contributed by atoms with Gasteiger partial charge in [0.2, 0.25) is 0 Å². The van der Waals surface area contributed by atoms with Crippen LogP contribution in [0.3, 0.4) is 0 Å². The van der Waals surface area contributed by atoms with E-state index < -0.39 is 4.92 Å². The van der Waals surface area contributed by atoms with Gasteiger partial charge in [-0.1, -0.05) is 6.92 Å². The van der Waals surface area contributed by atoms with Crippen LogP contribution >= 0.6 is 11.8 Å². The van der Waals surface area contributed by atoms with Crippen molar-refractivity contribution < 1.29 is 9.72 Å². The number of rotatable bonds is 3. The van der Waals surface area contributed by atoms with Gasteiger partial charge in [-0.2, -0.15) is 11.8 Å². The molecule has 0 saturated carbocycles. The zero-order valence-corrected chi connectivity index (χ0v) is 12.6. The molecular formula is C14H18N2O3S. The largest absolute Gasteiger partial charge is 0.366 e. The van der Waals surface area contributed by atoms with Crippen molar-refractivity contribution in [3.63, 3.8) is 0 Å². The first kappa shape index (κ1) is 14.8. The number of ketones is 1. The molecule has 0 aliphatic carbocycles. The molecule has 1 aromatic rings. The molecule has 0 aromatic heterocycles. The van der Waals surface area contributed by atoms with Gasteiger partial charge in [0.15, 0.2) is 5.78 Å². The summed E-state index contributed by atoms with van der Waals surface area (Å²) in [7, 11) is 0. The second kappa shape index (κ2) is 5.83. The lowest BCUT2D eigenvalue weighted by atomic mass is 10.0. The molecular weight excluding hydrogens is 276 g/mol. The molecule has 20 heavy (non-hydrogen) atoms. The van der Waals surface area contributed by atoms with E-state index in [0.717, 1.165) is 18.0 Å². The van der Waals surface area contributed by atoms with E-state index in [1.54, 1.807) is 6.07 Å². The van der Waals surface area contributed by atoms with Crippen LogP contribution < -0.4 is 4.90 Å². The Balaban J connectivity index is 2.45. The third-order valence-electron chi connectivity index (χ3n) is 3.76. The summed E-state index contributed by atoms with van der Waals surface area (Å²) >= 11 is 1.91. The third-order valence-corrected chi connectivity index (χ3v) is 5.10. The van der Waals surface area contributed by atoms with E-state index in [0.29, 0.717) is 16.9 Å². The fourth-order valence-electron chi connectivity index (χ4n) is 2.44. The number of anilines is 1. The van der Waals surface area contributed by atoms with Gasteiger partial charge in [-0.15, -0.1) is 0 Å². The van der Waals surface area contributed by atoms with E-state index in [1.807, 2.05) is 11.8 Å². The van der Waals surface area contributed by atoms with Crippen LogP contribution in [-0.2, 0) is 0 Å². The smallest absolute Gasteiger partial charge is 0.270 e. The summed E-state index contributed by atoms with van der Waals surface area (Å²) in [5.74, 6) is 0.863. The van der Waals surface area contributed by atoms with Crippen LogP contribution in [-0.4, -0.2) is 34.3 Å². The van der Waals surface area contributed by atoms with Gasteiger partial charge in [0.1, 0.15) is 0 Å². The number of non-ortho nitro benzene ring substituents is 1. The summed E-state index contributed by atoms with van der Waals surface area (Å²) < 4.78 is 0. The molecule has 0 radical (unpaired) electrons. The number of Topliss-reactive ketones (excluding diaryl/α,β-unsaturated/α-hetero) is 1. The van der Waals surface area contributed by atoms with Gasteiger partial charge >= 0.3 is 0 Å². The van der Waals surface area contributed by atoms with Gasteiger partial charge in [0, 0.05) is 47.0 Å². The van der Waals surface area contributed by atoms with E-state index in [2.05, 4.69) is 18.7 Å². The van der Waals surface area contributed by atoms with E-state index in [-0.39, 0.29) is 11.5 Å². The van der Waals surface area contributed by atoms with Gasteiger partial charge in [-0.25, -0.2) is 0 Å². The molecule has 1 heterocycles. The number of thioether (sulfide) groups is 1. The van der Waals surface area contributed by atoms with Crippen molar-refractivity contribution in [1.82, 2.24) is 0 Å². The molecule has 0 spiro atoms. The minimum atomic E-state index is -0.464. The average Bonchev–Trinajstić information content (AvgIpc) is 2.41. The average molecular weight is 294 g/mol. The summed E-state index contributed by atoms with van der Waals surface area (Å²) in [6, 6.07) is 4.86. The van der Waals surface area contributed by atoms with Crippen molar-refractivity contribution in [3.8, 4) is 0 Å². The van der Waals surface area contributed by atoms with Gasteiger partial charge in [0.25, 0.3) is 5.69 Å². The van der Waals surface area contributed by atoms with Crippen LogP contribution in [0.15, 0.2) is 18.2 Å². The van der Waals surface area contributed by atoms with Gasteiger partial charge in [-0.3, -0.25) is 14.9 Å². The molecule has 1 aromatic carbocycles. The lowest BCUT2D eigenvalue weighted by Gasteiger charge is -2.39. The molecule has 0 N–H and O–H groups in total. The molecule has 2 rings (SSSR count). The van der Waals surface area contributed by atoms with E-state index in [9.17, 15) is 14.9 Å². The Morgan fingerprint density at radius 1 is 1.45 bits per heavy atom. The van der Waals surface area contributed by atoms with Crippen molar-refractivity contribution in [3.05, 3.63) is 33.9 Å². The maximum atomic E-state index is 11.8. The molecule has 2 atom stereocenters. The summed E-state index contributed by atoms with van der Waals surface area (Å²) in [6.07, 6.45) is 0. The quantitative estimate of drug-likeness (QED) is 0.487. The first-order chi connectivity index (χ1) is 9.41. The first-order valence-electron chi connectivity index (χ1n) is 6.59. The van der Waals surface area contributed by atoms with Crippen molar-refractivity contribution in [2.24, 2.45) is 0 Å². The Hall–Kier alpha value is -1.56. The summed E-state index contributed by atoms with van der Waals surface area (Å²) in [5, 5.41) is 11.3. The maximum absolute atomic E-state index is 11.8. The van der Waals surface area contributed by atoms with E-state index in [1.165, 1.54) is 19.1 Å². The molecule has 1 aliphatic heterocycles. The van der Waals surface area contributed by atoms with Crippen LogP contribution in [0.25, 0.3) is 0 Å². The van der Waals surface area contributed by atoms with Crippen molar-refractivity contribution >= 4 is 28.9 Å². The van der Waals surface area contributed by atoms with Crippen molar-refractivity contribution in [2.45, 2.75) is 32.1 Å². The lowest BCUT2D eigenvalue weighted by Crippen LogP contribution is -2.45. The normalized spacial score (nSPS) is 22.6. The molecule has 1 aliphatic rings. The summed E-state index contributed by atoms with van der Waals surface area (Å²) in [4.78, 5) is 24.4.